The molecule has 1 N–H and O–H groups in total. The van der Waals surface area contributed by atoms with Gasteiger partial charge >= 0.3 is 0 Å². The smallest absolute Gasteiger partial charge is 0.128 e. The van der Waals surface area contributed by atoms with Crippen molar-refractivity contribution < 1.29 is 4.39 Å². The summed E-state index contributed by atoms with van der Waals surface area (Å²) in [5.74, 6) is -0.210. The highest BCUT2D eigenvalue weighted by atomic mass is 19.1. The second-order valence-corrected chi connectivity index (χ2v) is 3.18. The lowest BCUT2D eigenvalue weighted by Crippen LogP contribution is -1.93. The van der Waals surface area contributed by atoms with Gasteiger partial charge in [0.1, 0.15) is 5.82 Å². The number of aryl methyl sites for hydroxylation is 1. The summed E-state index contributed by atoms with van der Waals surface area (Å²) >= 11 is 0. The second-order valence-electron chi connectivity index (χ2n) is 3.18. The van der Waals surface area contributed by atoms with E-state index >= 15 is 0 Å². The van der Waals surface area contributed by atoms with Gasteiger partial charge in [-0.15, -0.1) is 0 Å². The summed E-state index contributed by atoms with van der Waals surface area (Å²) in [6.45, 7) is 1.74. The molecule has 14 heavy (non-hydrogen) atoms. The van der Waals surface area contributed by atoms with Crippen LogP contribution < -0.4 is 5.32 Å². The highest BCUT2D eigenvalue weighted by molar-refractivity contribution is 5.92. The second kappa shape index (κ2) is 3.25. The lowest BCUT2D eigenvalue weighted by Gasteiger charge is -2.07. The summed E-state index contributed by atoms with van der Waals surface area (Å²) in [6, 6.07) is 5.09. The Morgan fingerprint density at radius 3 is 2.79 bits per heavy atom. The van der Waals surface area contributed by atoms with Crippen molar-refractivity contribution in [2.75, 3.05) is 12.4 Å². The fraction of sp³-hybridized carbons (Fsp3) is 0.182. The minimum absolute atomic E-state index is 0.210. The lowest BCUT2D eigenvalue weighted by atomic mass is 10.1. The van der Waals surface area contributed by atoms with Crippen molar-refractivity contribution in [3.05, 3.63) is 35.8 Å². The van der Waals surface area contributed by atoms with Gasteiger partial charge < -0.3 is 5.32 Å². The molecule has 0 aliphatic heterocycles. The third-order valence-corrected chi connectivity index (χ3v) is 2.37. The normalized spacial score (nSPS) is 10.5. The van der Waals surface area contributed by atoms with E-state index in [-0.39, 0.29) is 5.82 Å². The van der Waals surface area contributed by atoms with Crippen LogP contribution >= 0.6 is 0 Å². The molecule has 0 saturated heterocycles. The summed E-state index contributed by atoms with van der Waals surface area (Å²) in [7, 11) is 1.84. The van der Waals surface area contributed by atoms with Crippen LogP contribution in [0.3, 0.4) is 0 Å². The monoisotopic (exact) mass is 190 g/mol. The van der Waals surface area contributed by atoms with Crippen molar-refractivity contribution in [1.82, 2.24) is 4.98 Å². The van der Waals surface area contributed by atoms with E-state index in [0.29, 0.717) is 5.56 Å². The fourth-order valence-corrected chi connectivity index (χ4v) is 1.55. The van der Waals surface area contributed by atoms with Gasteiger partial charge in [-0.1, -0.05) is 0 Å². The van der Waals surface area contributed by atoms with Gasteiger partial charge in [-0.2, -0.15) is 0 Å². The van der Waals surface area contributed by atoms with Crippen molar-refractivity contribution >= 4 is 16.6 Å². The van der Waals surface area contributed by atoms with Crippen molar-refractivity contribution in [2.45, 2.75) is 6.92 Å². The predicted molar refractivity (Wildman–Crippen MR) is 56.0 cm³/mol. The number of pyridine rings is 1. The zero-order valence-corrected chi connectivity index (χ0v) is 8.13. The van der Waals surface area contributed by atoms with Gasteiger partial charge in [0.2, 0.25) is 0 Å². The number of halogens is 1. The number of nitrogens with one attached hydrogen (secondary N) is 1. The van der Waals surface area contributed by atoms with Crippen LogP contribution in [0, 0.1) is 12.7 Å². The topological polar surface area (TPSA) is 24.9 Å². The number of benzene rings is 1. The first-order valence-corrected chi connectivity index (χ1v) is 4.45. The van der Waals surface area contributed by atoms with Gasteiger partial charge in [-0.05, 0) is 25.1 Å². The lowest BCUT2D eigenvalue weighted by molar-refractivity contribution is 0.620. The molecule has 2 nitrogen and oxygen atoms in total. The summed E-state index contributed by atoms with van der Waals surface area (Å²) in [5.41, 5.74) is 2.29. The molecular weight excluding hydrogens is 179 g/mol. The van der Waals surface area contributed by atoms with Crippen LogP contribution in [-0.2, 0) is 0 Å². The molecule has 0 amide bonds. The molecule has 0 fully saturated rings. The molecule has 0 aliphatic carbocycles. The van der Waals surface area contributed by atoms with E-state index in [1.165, 1.54) is 6.07 Å². The van der Waals surface area contributed by atoms with E-state index in [4.69, 9.17) is 0 Å². The van der Waals surface area contributed by atoms with E-state index in [2.05, 4.69) is 10.3 Å². The van der Waals surface area contributed by atoms with E-state index in [1.807, 2.05) is 13.1 Å². The predicted octanol–water partition coefficient (Wildman–Crippen LogP) is 2.72. The first kappa shape index (κ1) is 8.94. The molecule has 2 aromatic rings. The van der Waals surface area contributed by atoms with Crippen LogP contribution in [0.2, 0.25) is 0 Å². The van der Waals surface area contributed by atoms with Gasteiger partial charge in [0, 0.05) is 29.9 Å². The average molecular weight is 190 g/mol. The molecule has 0 aliphatic rings. The maximum atomic E-state index is 13.2. The van der Waals surface area contributed by atoms with Crippen LogP contribution in [0.25, 0.3) is 10.9 Å². The first-order valence-electron chi connectivity index (χ1n) is 4.45. The Hall–Kier alpha value is -1.64. The Kier molecular flexibility index (Phi) is 2.08. The molecular formula is C11H11FN2. The summed E-state index contributed by atoms with van der Waals surface area (Å²) in [6.07, 6.45) is 1.68. The third kappa shape index (κ3) is 1.21. The van der Waals surface area contributed by atoms with E-state index < -0.39 is 0 Å². The number of aromatic nitrogens is 1. The molecule has 1 heterocycles. The average Bonchev–Trinajstić information content (AvgIpc) is 2.23. The quantitative estimate of drug-likeness (QED) is 0.747. The van der Waals surface area contributed by atoms with Crippen molar-refractivity contribution in [3.8, 4) is 0 Å². The minimum atomic E-state index is -0.210. The fourth-order valence-electron chi connectivity index (χ4n) is 1.55. The van der Waals surface area contributed by atoms with Gasteiger partial charge in [0.15, 0.2) is 0 Å². The largest absolute Gasteiger partial charge is 0.388 e. The van der Waals surface area contributed by atoms with Crippen molar-refractivity contribution in [2.24, 2.45) is 0 Å². The Morgan fingerprint density at radius 2 is 2.07 bits per heavy atom. The van der Waals surface area contributed by atoms with E-state index in [0.717, 1.165) is 16.6 Å². The molecule has 72 valence electrons. The Balaban J connectivity index is 2.86. The van der Waals surface area contributed by atoms with Gasteiger partial charge in [-0.3, -0.25) is 4.98 Å². The summed E-state index contributed by atoms with van der Waals surface area (Å²) in [5, 5.41) is 4.01. The number of hydrogen-bond donors (Lipinski definition) is 1. The Morgan fingerprint density at radius 1 is 1.29 bits per heavy atom. The zero-order chi connectivity index (χ0) is 10.1. The molecule has 1 aromatic carbocycles. The van der Waals surface area contributed by atoms with Crippen molar-refractivity contribution in [1.29, 1.82) is 0 Å². The molecule has 1 aromatic heterocycles. The number of anilines is 1. The maximum Gasteiger partial charge on any atom is 0.128 e. The number of hydrogen-bond acceptors (Lipinski definition) is 2. The molecule has 2 rings (SSSR count). The molecule has 0 spiro atoms. The standard InChI is InChI=1S/C11H11FN2/c1-7-9(12)4-3-8-10(13-2)5-6-14-11(7)8/h3-6H,1-2H3,(H,13,14). The van der Waals surface area contributed by atoms with Crippen LogP contribution in [0.15, 0.2) is 24.4 Å². The molecule has 0 saturated carbocycles. The molecule has 0 radical (unpaired) electrons. The number of fused-ring (bicyclic) bond motifs is 1. The van der Waals surface area contributed by atoms with Crippen LogP contribution in [0.5, 0.6) is 0 Å². The molecule has 3 heteroatoms. The van der Waals surface area contributed by atoms with Crippen LogP contribution in [-0.4, -0.2) is 12.0 Å². The van der Waals surface area contributed by atoms with Crippen molar-refractivity contribution in [3.63, 3.8) is 0 Å². The Labute approximate surface area is 81.8 Å². The van der Waals surface area contributed by atoms with Gasteiger partial charge in [0.05, 0.1) is 5.52 Å². The van der Waals surface area contributed by atoms with E-state index in [9.17, 15) is 4.39 Å². The first-order chi connectivity index (χ1) is 6.74. The zero-order valence-electron chi connectivity index (χ0n) is 8.13. The Bertz CT molecular complexity index is 480. The van der Waals surface area contributed by atoms with Crippen LogP contribution in [0.4, 0.5) is 10.1 Å². The van der Waals surface area contributed by atoms with E-state index in [1.54, 1.807) is 19.2 Å². The van der Waals surface area contributed by atoms with Gasteiger partial charge in [-0.25, -0.2) is 4.39 Å². The van der Waals surface area contributed by atoms with Gasteiger partial charge in [0.25, 0.3) is 0 Å². The third-order valence-electron chi connectivity index (χ3n) is 2.37. The number of nitrogens with zero attached hydrogens (tertiary/aromatic N) is 1. The molecule has 0 atom stereocenters. The highest BCUT2D eigenvalue weighted by Gasteiger charge is 2.06. The molecule has 0 bridgehead atoms. The molecule has 0 unspecified atom stereocenters. The highest BCUT2D eigenvalue weighted by Crippen LogP contribution is 2.24. The maximum absolute atomic E-state index is 13.2. The summed E-state index contributed by atoms with van der Waals surface area (Å²) < 4.78 is 13.2. The van der Waals surface area contributed by atoms with Crippen LogP contribution in [0.1, 0.15) is 5.56 Å². The summed E-state index contributed by atoms with van der Waals surface area (Å²) in [4.78, 5) is 4.17. The minimum Gasteiger partial charge on any atom is -0.388 e. The SMILES string of the molecule is CNc1ccnc2c(C)c(F)ccc12. The number of rotatable bonds is 1.